The lowest BCUT2D eigenvalue weighted by molar-refractivity contribution is 0.247. The molecule has 0 aliphatic heterocycles. The Balaban J connectivity index is 1.95. The summed E-state index contributed by atoms with van der Waals surface area (Å²) < 4.78 is 0. The van der Waals surface area contributed by atoms with E-state index in [0.29, 0.717) is 6.54 Å². The summed E-state index contributed by atoms with van der Waals surface area (Å²) in [5.41, 5.74) is 3.18. The Hall–Kier alpha value is -2.29. The van der Waals surface area contributed by atoms with E-state index < -0.39 is 0 Å². The normalized spacial score (nSPS) is 10.0. The molecule has 0 bridgehead atoms. The van der Waals surface area contributed by atoms with Gasteiger partial charge in [0.25, 0.3) is 0 Å². The van der Waals surface area contributed by atoms with E-state index in [0.717, 1.165) is 11.3 Å². The molecule has 0 aromatic heterocycles. The van der Waals surface area contributed by atoms with Crippen LogP contribution >= 0.6 is 0 Å². The van der Waals surface area contributed by atoms with Crippen molar-refractivity contribution < 1.29 is 4.79 Å². The summed E-state index contributed by atoms with van der Waals surface area (Å²) in [6, 6.07) is 17.6. The third kappa shape index (κ3) is 3.58. The number of aryl methyl sites for hydroxylation is 1. The molecular formula is C16H18N2O. The fourth-order valence-electron chi connectivity index (χ4n) is 1.89. The zero-order valence-corrected chi connectivity index (χ0v) is 11.3. The van der Waals surface area contributed by atoms with Crippen LogP contribution in [0.4, 0.5) is 10.5 Å². The van der Waals surface area contributed by atoms with Gasteiger partial charge in [0.2, 0.25) is 0 Å². The van der Waals surface area contributed by atoms with Crippen molar-refractivity contribution in [3.8, 4) is 0 Å². The Morgan fingerprint density at radius 3 is 2.53 bits per heavy atom. The number of urea groups is 1. The summed E-state index contributed by atoms with van der Waals surface area (Å²) in [5, 5.41) is 2.91. The molecule has 0 radical (unpaired) electrons. The van der Waals surface area contributed by atoms with Crippen molar-refractivity contribution in [2.24, 2.45) is 0 Å². The van der Waals surface area contributed by atoms with Crippen LogP contribution in [0.25, 0.3) is 0 Å². The van der Waals surface area contributed by atoms with Gasteiger partial charge in [-0.05, 0) is 24.6 Å². The number of amides is 2. The first-order valence-electron chi connectivity index (χ1n) is 6.29. The van der Waals surface area contributed by atoms with Gasteiger partial charge in [-0.25, -0.2) is 4.79 Å². The van der Waals surface area contributed by atoms with Crippen molar-refractivity contribution in [2.45, 2.75) is 13.5 Å². The average molecular weight is 254 g/mol. The summed E-state index contributed by atoms with van der Waals surface area (Å²) in [4.78, 5) is 13.6. The predicted molar refractivity (Wildman–Crippen MR) is 78.3 cm³/mol. The highest BCUT2D eigenvalue weighted by molar-refractivity contribution is 5.91. The average Bonchev–Trinajstić information content (AvgIpc) is 2.45. The summed E-state index contributed by atoms with van der Waals surface area (Å²) in [7, 11) is 1.76. The molecule has 0 atom stereocenters. The number of rotatable bonds is 3. The molecule has 0 saturated heterocycles. The maximum Gasteiger partial charge on any atom is 0.321 e. The molecule has 0 heterocycles. The number of carbonyl (C=O) groups is 1. The standard InChI is InChI=1S/C16H18N2O/c1-13-7-6-8-14(11-13)12-17-16(19)18(2)15-9-4-3-5-10-15/h3-11H,12H2,1-2H3,(H,17,19). The van der Waals surface area contributed by atoms with E-state index in [2.05, 4.69) is 11.4 Å². The molecule has 19 heavy (non-hydrogen) atoms. The molecule has 0 saturated carbocycles. The fraction of sp³-hybridized carbons (Fsp3) is 0.188. The van der Waals surface area contributed by atoms with Gasteiger partial charge in [-0.1, -0.05) is 48.0 Å². The van der Waals surface area contributed by atoms with Gasteiger partial charge in [-0.2, -0.15) is 0 Å². The molecule has 0 fully saturated rings. The maximum atomic E-state index is 12.0. The van der Waals surface area contributed by atoms with Crippen LogP contribution in [-0.4, -0.2) is 13.1 Å². The minimum Gasteiger partial charge on any atom is -0.334 e. The van der Waals surface area contributed by atoms with Gasteiger partial charge in [0.15, 0.2) is 0 Å². The first-order valence-corrected chi connectivity index (χ1v) is 6.29. The van der Waals surface area contributed by atoms with Crippen LogP contribution in [0, 0.1) is 6.92 Å². The minimum atomic E-state index is -0.104. The quantitative estimate of drug-likeness (QED) is 0.895. The SMILES string of the molecule is Cc1cccc(CNC(=O)N(C)c2ccccc2)c1. The number of hydrogen-bond donors (Lipinski definition) is 1. The molecule has 2 amide bonds. The van der Waals surface area contributed by atoms with E-state index in [4.69, 9.17) is 0 Å². The Kier molecular flexibility index (Phi) is 4.18. The molecule has 98 valence electrons. The number of nitrogens with one attached hydrogen (secondary N) is 1. The van der Waals surface area contributed by atoms with Crippen molar-refractivity contribution in [1.29, 1.82) is 0 Å². The highest BCUT2D eigenvalue weighted by Gasteiger charge is 2.09. The highest BCUT2D eigenvalue weighted by Crippen LogP contribution is 2.11. The zero-order valence-electron chi connectivity index (χ0n) is 11.3. The largest absolute Gasteiger partial charge is 0.334 e. The molecule has 0 aliphatic carbocycles. The van der Waals surface area contributed by atoms with E-state index >= 15 is 0 Å². The van der Waals surface area contributed by atoms with Crippen molar-refractivity contribution in [1.82, 2.24) is 5.32 Å². The van der Waals surface area contributed by atoms with Crippen molar-refractivity contribution in [3.63, 3.8) is 0 Å². The van der Waals surface area contributed by atoms with Gasteiger partial charge in [-0.3, -0.25) is 4.90 Å². The second-order valence-electron chi connectivity index (χ2n) is 4.54. The van der Waals surface area contributed by atoms with E-state index in [-0.39, 0.29) is 6.03 Å². The van der Waals surface area contributed by atoms with Crippen molar-refractivity contribution >= 4 is 11.7 Å². The zero-order chi connectivity index (χ0) is 13.7. The van der Waals surface area contributed by atoms with Crippen LogP contribution in [0.3, 0.4) is 0 Å². The number of anilines is 1. The van der Waals surface area contributed by atoms with Crippen LogP contribution in [0.1, 0.15) is 11.1 Å². The Morgan fingerprint density at radius 2 is 1.84 bits per heavy atom. The van der Waals surface area contributed by atoms with E-state index in [1.165, 1.54) is 5.56 Å². The van der Waals surface area contributed by atoms with Gasteiger partial charge in [-0.15, -0.1) is 0 Å². The second kappa shape index (κ2) is 6.05. The summed E-state index contributed by atoms with van der Waals surface area (Å²) >= 11 is 0. The van der Waals surface area contributed by atoms with Crippen LogP contribution < -0.4 is 10.2 Å². The lowest BCUT2D eigenvalue weighted by Gasteiger charge is -2.18. The summed E-state index contributed by atoms with van der Waals surface area (Å²) in [5.74, 6) is 0. The molecule has 0 spiro atoms. The van der Waals surface area contributed by atoms with Gasteiger partial charge < -0.3 is 5.32 Å². The van der Waals surface area contributed by atoms with Crippen molar-refractivity contribution in [2.75, 3.05) is 11.9 Å². The first-order chi connectivity index (χ1) is 9.16. The molecule has 3 nitrogen and oxygen atoms in total. The monoisotopic (exact) mass is 254 g/mol. The van der Waals surface area contributed by atoms with Gasteiger partial charge in [0.1, 0.15) is 0 Å². The van der Waals surface area contributed by atoms with Crippen LogP contribution in [0.5, 0.6) is 0 Å². The maximum absolute atomic E-state index is 12.0. The first kappa shape index (κ1) is 13.1. The summed E-state index contributed by atoms with van der Waals surface area (Å²) in [6.07, 6.45) is 0. The third-order valence-corrected chi connectivity index (χ3v) is 2.97. The summed E-state index contributed by atoms with van der Waals surface area (Å²) in [6.45, 7) is 2.58. The van der Waals surface area contributed by atoms with E-state index in [1.54, 1.807) is 11.9 Å². The number of para-hydroxylation sites is 1. The molecular weight excluding hydrogens is 236 g/mol. The number of benzene rings is 2. The van der Waals surface area contributed by atoms with Crippen LogP contribution in [0.15, 0.2) is 54.6 Å². The number of hydrogen-bond acceptors (Lipinski definition) is 1. The van der Waals surface area contributed by atoms with Gasteiger partial charge in [0, 0.05) is 19.3 Å². The fourth-order valence-corrected chi connectivity index (χ4v) is 1.89. The molecule has 2 rings (SSSR count). The minimum absolute atomic E-state index is 0.104. The smallest absolute Gasteiger partial charge is 0.321 e. The second-order valence-corrected chi connectivity index (χ2v) is 4.54. The number of carbonyl (C=O) groups excluding carboxylic acids is 1. The lowest BCUT2D eigenvalue weighted by Crippen LogP contribution is -2.36. The predicted octanol–water partition coefficient (Wildman–Crippen LogP) is 3.34. The topological polar surface area (TPSA) is 32.3 Å². The lowest BCUT2D eigenvalue weighted by atomic mass is 10.1. The van der Waals surface area contributed by atoms with Crippen molar-refractivity contribution in [3.05, 3.63) is 65.7 Å². The third-order valence-electron chi connectivity index (χ3n) is 2.97. The molecule has 0 unspecified atom stereocenters. The Bertz CT molecular complexity index is 552. The van der Waals surface area contributed by atoms with E-state index in [1.807, 2.05) is 55.5 Å². The molecule has 2 aromatic rings. The molecule has 1 N–H and O–H groups in total. The van der Waals surface area contributed by atoms with E-state index in [9.17, 15) is 4.79 Å². The van der Waals surface area contributed by atoms with Crippen LogP contribution in [-0.2, 0) is 6.54 Å². The molecule has 3 heteroatoms. The molecule has 0 aliphatic rings. The van der Waals surface area contributed by atoms with Gasteiger partial charge >= 0.3 is 6.03 Å². The highest BCUT2D eigenvalue weighted by atomic mass is 16.2. The Morgan fingerprint density at radius 1 is 1.11 bits per heavy atom. The number of nitrogens with zero attached hydrogens (tertiary/aromatic N) is 1. The van der Waals surface area contributed by atoms with Gasteiger partial charge in [0.05, 0.1) is 0 Å². The molecule has 2 aromatic carbocycles. The Labute approximate surface area is 113 Å². The van der Waals surface area contributed by atoms with Crippen LogP contribution in [0.2, 0.25) is 0 Å².